The SMILES string of the molecule is [C-]#[N+]c1cc(-n2c3ccc(-c4ccccc4)cc3c3cc(-c4ccccc4)ccc32)c(-n2c3ccc(-c4ccccc4)cc3c3cc(-c4ccccc4)ccc32)c2c1oc1c(-c3nc(-c4ccccc4)nc(-c4ccccc4)n3)cccc12. The van der Waals surface area contributed by atoms with Crippen LogP contribution in [0.15, 0.2) is 283 Å². The molecule has 4 heterocycles. The van der Waals surface area contributed by atoms with Crippen LogP contribution < -0.4 is 0 Å². The Balaban J connectivity index is 1.06. The third-order valence-corrected chi connectivity index (χ3v) is 16.2. The lowest BCUT2D eigenvalue weighted by Crippen LogP contribution is -2.04. The Kier molecular flexibility index (Phi) is 11.1. The highest BCUT2D eigenvalue weighted by Crippen LogP contribution is 2.50. The van der Waals surface area contributed by atoms with Gasteiger partial charge < -0.3 is 13.6 Å². The third-order valence-electron chi connectivity index (χ3n) is 16.2. The van der Waals surface area contributed by atoms with Crippen LogP contribution in [-0.4, -0.2) is 24.1 Å². The van der Waals surface area contributed by atoms with E-state index >= 15 is 0 Å². The van der Waals surface area contributed by atoms with Gasteiger partial charge in [0.25, 0.3) is 0 Å². The van der Waals surface area contributed by atoms with Crippen molar-refractivity contribution in [2.45, 2.75) is 0 Å². The number of hydrogen-bond donors (Lipinski definition) is 0. The van der Waals surface area contributed by atoms with Crippen LogP contribution in [0, 0.1) is 6.57 Å². The Morgan fingerprint density at radius 2 is 0.663 bits per heavy atom. The van der Waals surface area contributed by atoms with Crippen molar-refractivity contribution in [1.29, 1.82) is 0 Å². The van der Waals surface area contributed by atoms with Gasteiger partial charge in [-0.25, -0.2) is 19.8 Å². The molecule has 386 valence electrons. The van der Waals surface area contributed by atoms with Gasteiger partial charge in [-0.1, -0.05) is 218 Å². The molecule has 0 bridgehead atoms. The fourth-order valence-corrected chi connectivity index (χ4v) is 12.3. The van der Waals surface area contributed by atoms with Crippen molar-refractivity contribution in [3.63, 3.8) is 0 Å². The fourth-order valence-electron chi connectivity index (χ4n) is 12.3. The first-order chi connectivity index (χ1) is 41.1. The average Bonchev–Trinajstić information content (AvgIpc) is 2.06. The number of para-hydroxylation sites is 1. The highest BCUT2D eigenvalue weighted by atomic mass is 16.3. The summed E-state index contributed by atoms with van der Waals surface area (Å²) in [5, 5.41) is 5.98. The van der Waals surface area contributed by atoms with E-state index in [1.54, 1.807) is 0 Å². The molecule has 0 aliphatic rings. The summed E-state index contributed by atoms with van der Waals surface area (Å²) in [4.78, 5) is 19.8. The van der Waals surface area contributed by atoms with Crippen molar-refractivity contribution < 1.29 is 4.42 Å². The molecular weight excluding hydrogens is 1010 g/mol. The first kappa shape index (κ1) is 47.5. The van der Waals surface area contributed by atoms with Gasteiger partial charge in [-0.3, -0.25) is 0 Å². The van der Waals surface area contributed by atoms with E-state index in [0.29, 0.717) is 39.9 Å². The van der Waals surface area contributed by atoms with E-state index in [2.05, 4.69) is 220 Å². The maximum Gasteiger partial charge on any atom is 0.231 e. The third kappa shape index (κ3) is 7.92. The van der Waals surface area contributed by atoms with Crippen molar-refractivity contribution in [1.82, 2.24) is 24.1 Å². The van der Waals surface area contributed by atoms with Gasteiger partial charge in [0.15, 0.2) is 17.5 Å². The Labute approximate surface area is 477 Å². The molecule has 7 nitrogen and oxygen atoms in total. The van der Waals surface area contributed by atoms with Gasteiger partial charge in [-0.2, -0.15) is 0 Å². The Morgan fingerprint density at radius 1 is 0.301 bits per heavy atom. The monoisotopic (exact) mass is 1060 g/mol. The molecular formula is C76H46N6O. The molecule has 83 heavy (non-hydrogen) atoms. The second-order valence-corrected chi connectivity index (χ2v) is 21.0. The van der Waals surface area contributed by atoms with Crippen LogP contribution in [-0.2, 0) is 0 Å². The lowest BCUT2D eigenvalue weighted by molar-refractivity contribution is 0.671. The molecule has 0 spiro atoms. The zero-order valence-electron chi connectivity index (χ0n) is 44.6. The number of hydrogen-bond acceptors (Lipinski definition) is 4. The molecule has 0 atom stereocenters. The molecule has 16 aromatic rings. The number of aromatic nitrogens is 5. The van der Waals surface area contributed by atoms with Gasteiger partial charge in [-0.05, 0) is 105 Å². The quantitative estimate of drug-likeness (QED) is 0.135. The summed E-state index contributed by atoms with van der Waals surface area (Å²) < 4.78 is 12.1. The maximum atomic E-state index is 9.09. The summed E-state index contributed by atoms with van der Waals surface area (Å²) in [5.74, 6) is 1.54. The Bertz CT molecular complexity index is 4990. The van der Waals surface area contributed by atoms with E-state index in [9.17, 15) is 0 Å². The summed E-state index contributed by atoms with van der Waals surface area (Å²) in [5.41, 5.74) is 18.5. The van der Waals surface area contributed by atoms with Crippen LogP contribution in [0.1, 0.15) is 0 Å². The minimum Gasteiger partial charge on any atom is -0.466 e. The van der Waals surface area contributed by atoms with E-state index in [-0.39, 0.29) is 0 Å². The maximum absolute atomic E-state index is 9.09. The molecule has 0 unspecified atom stereocenters. The number of rotatable bonds is 9. The second-order valence-electron chi connectivity index (χ2n) is 21.0. The summed E-state index contributed by atoms with van der Waals surface area (Å²) >= 11 is 0. The Morgan fingerprint density at radius 3 is 1.05 bits per heavy atom. The van der Waals surface area contributed by atoms with Crippen LogP contribution in [0.4, 0.5) is 5.69 Å². The molecule has 0 aliphatic carbocycles. The molecule has 7 heteroatoms. The molecule has 0 amide bonds. The number of furan rings is 1. The van der Waals surface area contributed by atoms with E-state index in [4.69, 9.17) is 25.9 Å². The molecule has 16 rings (SSSR count). The minimum atomic E-state index is 0.377. The summed E-state index contributed by atoms with van der Waals surface area (Å²) in [6.45, 7) is 9.09. The van der Waals surface area contributed by atoms with Gasteiger partial charge in [0.05, 0.1) is 45.6 Å². The van der Waals surface area contributed by atoms with E-state index in [0.717, 1.165) is 121 Å². The molecule has 0 radical (unpaired) electrons. The number of benzene rings is 12. The first-order valence-electron chi connectivity index (χ1n) is 27.8. The van der Waals surface area contributed by atoms with Gasteiger partial charge in [0.2, 0.25) is 5.69 Å². The molecule has 4 aromatic heterocycles. The molecule has 0 aliphatic heterocycles. The number of fused-ring (bicyclic) bond motifs is 9. The van der Waals surface area contributed by atoms with E-state index < -0.39 is 0 Å². The lowest BCUT2D eigenvalue weighted by Gasteiger charge is -2.19. The highest BCUT2D eigenvalue weighted by molar-refractivity contribution is 6.21. The standard InChI is InChI=1S/C76H46N6O/c1-77-64-47-69(81-65-39-35-54(48-21-8-2-9-22-48)43-60(65)61-44-55(36-40-66(61)81)49-23-10-3-11-24-49)71(82-67-41-37-56(50-25-12-4-13-26-50)45-62(67)63-46-57(38-42-68(63)82)51-27-14-5-15-28-51)70-58-33-20-34-59(72(58)83-73(64)70)76-79-74(52-29-16-6-17-30-52)78-75(80-76)53-31-18-7-19-32-53/h2-47H. The predicted molar refractivity (Wildman–Crippen MR) is 340 cm³/mol. The van der Waals surface area contributed by atoms with E-state index in [1.165, 1.54) is 0 Å². The average molecular weight is 1060 g/mol. The summed E-state index contributed by atoms with van der Waals surface area (Å²) in [6, 6.07) is 97.8. The van der Waals surface area contributed by atoms with Crippen LogP contribution in [0.25, 0.3) is 160 Å². The predicted octanol–water partition coefficient (Wildman–Crippen LogP) is 20.2. The largest absolute Gasteiger partial charge is 0.466 e. The van der Waals surface area contributed by atoms with Crippen LogP contribution in [0.3, 0.4) is 0 Å². The van der Waals surface area contributed by atoms with Crippen molar-refractivity contribution in [3.8, 4) is 90.0 Å². The van der Waals surface area contributed by atoms with Gasteiger partial charge in [-0.15, -0.1) is 0 Å². The highest BCUT2D eigenvalue weighted by Gasteiger charge is 2.29. The van der Waals surface area contributed by atoms with Gasteiger partial charge in [0, 0.05) is 43.4 Å². The van der Waals surface area contributed by atoms with Gasteiger partial charge >= 0.3 is 0 Å². The number of nitrogens with zero attached hydrogens (tertiary/aromatic N) is 6. The van der Waals surface area contributed by atoms with Crippen molar-refractivity contribution >= 4 is 71.2 Å². The topological polar surface area (TPSA) is 66.0 Å². The first-order valence-corrected chi connectivity index (χ1v) is 27.8. The fraction of sp³-hybridized carbons (Fsp3) is 0. The van der Waals surface area contributed by atoms with Crippen molar-refractivity contribution in [2.24, 2.45) is 0 Å². The minimum absolute atomic E-state index is 0.377. The molecule has 0 saturated carbocycles. The summed E-state index contributed by atoms with van der Waals surface area (Å²) in [6.07, 6.45) is 0. The lowest BCUT2D eigenvalue weighted by atomic mass is 10.0. The molecule has 12 aromatic carbocycles. The Hall–Kier alpha value is -11.5. The summed E-state index contributed by atoms with van der Waals surface area (Å²) in [7, 11) is 0. The van der Waals surface area contributed by atoms with Crippen LogP contribution in [0.5, 0.6) is 0 Å². The van der Waals surface area contributed by atoms with E-state index in [1.807, 2.05) is 72.8 Å². The van der Waals surface area contributed by atoms with Gasteiger partial charge in [0.1, 0.15) is 11.2 Å². The second kappa shape index (κ2) is 19.4. The molecule has 0 N–H and O–H groups in total. The van der Waals surface area contributed by atoms with Crippen molar-refractivity contribution in [3.05, 3.63) is 290 Å². The van der Waals surface area contributed by atoms with Crippen LogP contribution in [0.2, 0.25) is 0 Å². The zero-order valence-corrected chi connectivity index (χ0v) is 44.6. The molecule has 0 fully saturated rings. The molecule has 0 saturated heterocycles. The smallest absolute Gasteiger partial charge is 0.231 e. The van der Waals surface area contributed by atoms with Crippen molar-refractivity contribution in [2.75, 3.05) is 0 Å². The van der Waals surface area contributed by atoms with Crippen LogP contribution >= 0.6 is 0 Å². The zero-order chi connectivity index (χ0) is 55.0. The normalized spacial score (nSPS) is 11.6.